The maximum absolute atomic E-state index is 13.5. The fraction of sp³-hybridized carbons (Fsp3) is 0.320. The lowest BCUT2D eigenvalue weighted by Crippen LogP contribution is -2.34. The van der Waals surface area contributed by atoms with E-state index in [2.05, 4.69) is 26.9 Å². The molecular weight excluding hydrogens is 432 g/mol. The minimum Gasteiger partial charge on any atom is -0.450 e. The zero-order valence-electron chi connectivity index (χ0n) is 19.1. The van der Waals surface area contributed by atoms with Crippen molar-refractivity contribution in [3.05, 3.63) is 59.2 Å². The molecule has 34 heavy (non-hydrogen) atoms. The predicted molar refractivity (Wildman–Crippen MR) is 132 cm³/mol. The van der Waals surface area contributed by atoms with Crippen LogP contribution in [-0.4, -0.2) is 45.5 Å². The second kappa shape index (κ2) is 9.18. The fourth-order valence-corrected chi connectivity index (χ4v) is 4.59. The Morgan fingerprint density at radius 2 is 2.26 bits per heavy atom. The van der Waals surface area contributed by atoms with Gasteiger partial charge in [-0.25, -0.2) is 4.79 Å². The van der Waals surface area contributed by atoms with E-state index in [4.69, 9.17) is 14.9 Å². The third kappa shape index (κ3) is 3.77. The Kier molecular flexibility index (Phi) is 5.93. The van der Waals surface area contributed by atoms with Crippen molar-refractivity contribution in [1.29, 1.82) is 0 Å². The van der Waals surface area contributed by atoms with Crippen molar-refractivity contribution in [1.82, 2.24) is 19.5 Å². The molecule has 174 valence electrons. The minimum atomic E-state index is -0.351. The Bertz CT molecular complexity index is 1450. The molecule has 2 unspecified atom stereocenters. The number of pyridine rings is 2. The lowest BCUT2D eigenvalue weighted by Gasteiger charge is -2.30. The van der Waals surface area contributed by atoms with Gasteiger partial charge in [0.2, 0.25) is 0 Å². The highest BCUT2D eigenvalue weighted by Crippen LogP contribution is 2.36. The van der Waals surface area contributed by atoms with Crippen LogP contribution in [-0.2, 0) is 4.74 Å². The SMILES string of the molecule is CCC1CC(n2c(=O)nc(/C(C=NC)=C/N)c3oc4cnc(-c5cccnc5)cc4c32)CCO1. The molecule has 1 aliphatic rings. The lowest BCUT2D eigenvalue weighted by atomic mass is 10.0. The second-order valence-electron chi connectivity index (χ2n) is 8.29. The molecule has 0 bridgehead atoms. The van der Waals surface area contributed by atoms with Gasteiger partial charge in [0.25, 0.3) is 0 Å². The number of aromatic nitrogens is 4. The number of allylic oxidation sites excluding steroid dienone is 1. The predicted octanol–water partition coefficient (Wildman–Crippen LogP) is 3.73. The van der Waals surface area contributed by atoms with Gasteiger partial charge in [0.1, 0.15) is 11.2 Å². The molecule has 0 amide bonds. The van der Waals surface area contributed by atoms with Gasteiger partial charge >= 0.3 is 5.69 Å². The molecule has 0 radical (unpaired) electrons. The Hall–Kier alpha value is -3.85. The van der Waals surface area contributed by atoms with Crippen molar-refractivity contribution in [2.24, 2.45) is 10.7 Å². The van der Waals surface area contributed by atoms with Gasteiger partial charge in [-0.05, 0) is 37.5 Å². The summed E-state index contributed by atoms with van der Waals surface area (Å²) in [5.41, 5.74) is 9.73. The third-order valence-electron chi connectivity index (χ3n) is 6.26. The number of rotatable bonds is 5. The van der Waals surface area contributed by atoms with Crippen LogP contribution in [0.1, 0.15) is 37.9 Å². The summed E-state index contributed by atoms with van der Waals surface area (Å²) in [5.74, 6) is 0. The molecule has 5 rings (SSSR count). The van der Waals surface area contributed by atoms with Crippen molar-refractivity contribution < 1.29 is 9.15 Å². The van der Waals surface area contributed by atoms with Crippen molar-refractivity contribution in [3.63, 3.8) is 0 Å². The summed E-state index contributed by atoms with van der Waals surface area (Å²) >= 11 is 0. The summed E-state index contributed by atoms with van der Waals surface area (Å²) in [4.78, 5) is 30.7. The average Bonchev–Trinajstić information content (AvgIpc) is 3.26. The van der Waals surface area contributed by atoms with Crippen LogP contribution in [0.5, 0.6) is 0 Å². The molecular formula is C25H26N6O3. The quantitative estimate of drug-likeness (QED) is 0.452. The second-order valence-corrected chi connectivity index (χ2v) is 8.29. The molecule has 4 aromatic heterocycles. The van der Waals surface area contributed by atoms with Crippen LogP contribution in [0.15, 0.2) is 57.2 Å². The first kappa shape index (κ1) is 22.0. The summed E-state index contributed by atoms with van der Waals surface area (Å²) in [7, 11) is 1.64. The van der Waals surface area contributed by atoms with E-state index in [0.29, 0.717) is 34.6 Å². The molecule has 9 nitrogen and oxygen atoms in total. The molecule has 4 aromatic rings. The summed E-state index contributed by atoms with van der Waals surface area (Å²) in [6.07, 6.45) is 10.5. The number of hydrogen-bond acceptors (Lipinski definition) is 8. The maximum atomic E-state index is 13.5. The van der Waals surface area contributed by atoms with E-state index >= 15 is 0 Å². The highest BCUT2D eigenvalue weighted by molar-refractivity contribution is 6.15. The van der Waals surface area contributed by atoms with Gasteiger partial charge in [0, 0.05) is 61.0 Å². The number of ether oxygens (including phenoxy) is 1. The van der Waals surface area contributed by atoms with E-state index in [1.807, 2.05) is 18.2 Å². The Morgan fingerprint density at radius 3 is 3.00 bits per heavy atom. The van der Waals surface area contributed by atoms with Crippen LogP contribution >= 0.6 is 0 Å². The molecule has 1 aliphatic heterocycles. The van der Waals surface area contributed by atoms with E-state index in [1.54, 1.807) is 36.4 Å². The van der Waals surface area contributed by atoms with Crippen LogP contribution in [0.3, 0.4) is 0 Å². The summed E-state index contributed by atoms with van der Waals surface area (Å²) in [5, 5.41) is 0.786. The van der Waals surface area contributed by atoms with E-state index in [-0.39, 0.29) is 17.8 Å². The van der Waals surface area contributed by atoms with Gasteiger partial charge in [-0.1, -0.05) is 6.92 Å². The van der Waals surface area contributed by atoms with Crippen molar-refractivity contribution in [3.8, 4) is 11.3 Å². The molecule has 0 spiro atoms. The van der Waals surface area contributed by atoms with Crippen molar-refractivity contribution in [2.75, 3.05) is 13.7 Å². The van der Waals surface area contributed by atoms with Gasteiger partial charge < -0.3 is 14.9 Å². The van der Waals surface area contributed by atoms with Gasteiger partial charge in [0.15, 0.2) is 11.2 Å². The van der Waals surface area contributed by atoms with Crippen LogP contribution in [0.25, 0.3) is 38.9 Å². The van der Waals surface area contributed by atoms with Crippen LogP contribution < -0.4 is 11.4 Å². The zero-order chi connectivity index (χ0) is 23.7. The normalized spacial score (nSPS) is 19.4. The highest BCUT2D eigenvalue weighted by Gasteiger charge is 2.29. The van der Waals surface area contributed by atoms with Crippen LogP contribution in [0, 0.1) is 0 Å². The minimum absolute atomic E-state index is 0.0591. The van der Waals surface area contributed by atoms with E-state index in [1.165, 1.54) is 6.20 Å². The molecule has 5 heterocycles. The monoisotopic (exact) mass is 458 g/mol. The molecule has 0 aromatic carbocycles. The highest BCUT2D eigenvalue weighted by atomic mass is 16.5. The summed E-state index contributed by atoms with van der Waals surface area (Å²) in [6.45, 7) is 2.68. The number of nitrogens with zero attached hydrogens (tertiary/aromatic N) is 5. The van der Waals surface area contributed by atoms with Gasteiger partial charge in [0.05, 0.1) is 18.0 Å². The maximum Gasteiger partial charge on any atom is 0.349 e. The first-order valence-corrected chi connectivity index (χ1v) is 11.4. The fourth-order valence-electron chi connectivity index (χ4n) is 4.59. The molecule has 1 saturated heterocycles. The van der Waals surface area contributed by atoms with Gasteiger partial charge in [-0.3, -0.25) is 19.5 Å². The number of nitrogens with two attached hydrogens (primary N) is 1. The number of aliphatic imine (C=N–C) groups is 1. The standard InChI is InChI=1S/C25H26N6O3/c1-3-18-9-17(6-8-33-18)31-23-19-10-20(15-5-4-7-28-13-15)29-14-21(19)34-24(23)22(30-25(31)32)16(11-26)12-27-2/h4-5,7,10-14,17-18H,3,6,8-9,26H2,1-2H3/b16-11+,27-12?. The smallest absolute Gasteiger partial charge is 0.349 e. The van der Waals surface area contributed by atoms with Gasteiger partial charge in [-0.15, -0.1) is 0 Å². The number of hydrogen-bond donors (Lipinski definition) is 1. The Balaban J connectivity index is 1.83. The first-order valence-electron chi connectivity index (χ1n) is 11.4. The first-order chi connectivity index (χ1) is 16.6. The lowest BCUT2D eigenvalue weighted by molar-refractivity contribution is -0.00711. The van der Waals surface area contributed by atoms with Crippen molar-refractivity contribution in [2.45, 2.75) is 38.3 Å². The molecule has 1 fully saturated rings. The largest absolute Gasteiger partial charge is 0.450 e. The van der Waals surface area contributed by atoms with E-state index < -0.39 is 0 Å². The zero-order valence-corrected chi connectivity index (χ0v) is 19.1. The molecule has 2 atom stereocenters. The summed E-state index contributed by atoms with van der Waals surface area (Å²) in [6, 6.07) is 5.69. The Labute approximate surface area is 196 Å². The number of furan rings is 1. The van der Waals surface area contributed by atoms with Crippen LogP contribution in [0.4, 0.5) is 0 Å². The van der Waals surface area contributed by atoms with E-state index in [9.17, 15) is 4.79 Å². The molecule has 2 N–H and O–H groups in total. The average molecular weight is 459 g/mol. The van der Waals surface area contributed by atoms with Crippen LogP contribution in [0.2, 0.25) is 0 Å². The molecule has 0 aliphatic carbocycles. The topological polar surface area (TPSA) is 121 Å². The summed E-state index contributed by atoms with van der Waals surface area (Å²) < 4.78 is 13.9. The van der Waals surface area contributed by atoms with E-state index in [0.717, 1.165) is 35.9 Å². The van der Waals surface area contributed by atoms with Crippen molar-refractivity contribution >= 4 is 33.9 Å². The molecule has 0 saturated carbocycles. The Morgan fingerprint density at radius 1 is 1.38 bits per heavy atom. The third-order valence-corrected chi connectivity index (χ3v) is 6.26. The van der Waals surface area contributed by atoms with Gasteiger partial charge in [-0.2, -0.15) is 4.98 Å². The molecule has 9 heteroatoms. The number of fused-ring (bicyclic) bond motifs is 3.